The van der Waals surface area contributed by atoms with Crippen molar-refractivity contribution >= 4 is 5.84 Å². The molecule has 2 fully saturated rings. The van der Waals surface area contributed by atoms with Crippen molar-refractivity contribution in [1.82, 2.24) is 4.90 Å². The van der Waals surface area contributed by atoms with Gasteiger partial charge in [-0.25, -0.2) is 0 Å². The second-order valence-electron chi connectivity index (χ2n) is 6.98. The number of likely N-dealkylation sites (tertiary alicyclic amines) is 1. The van der Waals surface area contributed by atoms with Crippen molar-refractivity contribution in [3.8, 4) is 0 Å². The molecule has 0 spiro atoms. The average Bonchev–Trinajstić information content (AvgIpc) is 3.14. The van der Waals surface area contributed by atoms with Crippen LogP contribution in [0.25, 0.3) is 0 Å². The molecule has 110 valence electrons. The van der Waals surface area contributed by atoms with Crippen LogP contribution < -0.4 is 5.73 Å². The smallest absolute Gasteiger partial charge is 0.139 e. The standard InChI is InChI=1S/C15H29N3O/c1-12(2)13-4-3-8-18(9-5-13)11-15(6-7-15)10-14(16)17-19/h12-13,19H,3-11H2,1-2H3,(H2,16,17). The summed E-state index contributed by atoms with van der Waals surface area (Å²) >= 11 is 0. The van der Waals surface area contributed by atoms with Crippen molar-refractivity contribution in [3.05, 3.63) is 0 Å². The summed E-state index contributed by atoms with van der Waals surface area (Å²) in [6, 6.07) is 0. The Morgan fingerprint density at radius 3 is 2.68 bits per heavy atom. The third kappa shape index (κ3) is 4.10. The van der Waals surface area contributed by atoms with Crippen LogP contribution in [0.1, 0.15) is 52.4 Å². The summed E-state index contributed by atoms with van der Waals surface area (Å²) in [7, 11) is 0. The van der Waals surface area contributed by atoms with Gasteiger partial charge in [-0.05, 0) is 62.4 Å². The van der Waals surface area contributed by atoms with Gasteiger partial charge < -0.3 is 15.8 Å². The van der Waals surface area contributed by atoms with Gasteiger partial charge in [0.2, 0.25) is 0 Å². The molecular weight excluding hydrogens is 238 g/mol. The molecule has 3 N–H and O–H groups in total. The summed E-state index contributed by atoms with van der Waals surface area (Å²) in [5, 5.41) is 11.9. The highest BCUT2D eigenvalue weighted by Gasteiger charge is 2.44. The van der Waals surface area contributed by atoms with E-state index in [9.17, 15) is 0 Å². The molecule has 0 bridgehead atoms. The summed E-state index contributed by atoms with van der Waals surface area (Å²) in [5.74, 6) is 2.10. The third-order valence-corrected chi connectivity index (χ3v) is 5.01. The lowest BCUT2D eigenvalue weighted by molar-refractivity contribution is 0.222. The van der Waals surface area contributed by atoms with E-state index in [1.54, 1.807) is 0 Å². The van der Waals surface area contributed by atoms with Gasteiger partial charge in [0, 0.05) is 13.0 Å². The van der Waals surface area contributed by atoms with Crippen LogP contribution >= 0.6 is 0 Å². The van der Waals surface area contributed by atoms with E-state index in [0.717, 1.165) is 24.8 Å². The molecule has 4 heteroatoms. The fraction of sp³-hybridized carbons (Fsp3) is 0.933. The van der Waals surface area contributed by atoms with Crippen LogP contribution in [0.15, 0.2) is 5.16 Å². The van der Waals surface area contributed by atoms with Gasteiger partial charge in [0.25, 0.3) is 0 Å². The highest BCUT2D eigenvalue weighted by atomic mass is 16.4. The fourth-order valence-electron chi connectivity index (χ4n) is 3.47. The first-order chi connectivity index (χ1) is 9.04. The van der Waals surface area contributed by atoms with E-state index in [4.69, 9.17) is 10.9 Å². The van der Waals surface area contributed by atoms with Gasteiger partial charge in [-0.3, -0.25) is 0 Å². The zero-order chi connectivity index (χ0) is 13.9. The van der Waals surface area contributed by atoms with Gasteiger partial charge in [0.15, 0.2) is 0 Å². The monoisotopic (exact) mass is 267 g/mol. The van der Waals surface area contributed by atoms with Crippen LogP contribution in [0.3, 0.4) is 0 Å². The van der Waals surface area contributed by atoms with Crippen LogP contribution in [0, 0.1) is 17.3 Å². The number of nitrogens with two attached hydrogens (primary N) is 1. The minimum Gasteiger partial charge on any atom is -0.409 e. The summed E-state index contributed by atoms with van der Waals surface area (Å²) in [4.78, 5) is 2.61. The lowest BCUT2D eigenvalue weighted by Crippen LogP contribution is -2.33. The molecule has 0 aromatic carbocycles. The second kappa shape index (κ2) is 6.12. The van der Waals surface area contributed by atoms with E-state index >= 15 is 0 Å². The maximum atomic E-state index is 8.72. The Hall–Kier alpha value is -0.770. The topological polar surface area (TPSA) is 61.8 Å². The van der Waals surface area contributed by atoms with Crippen LogP contribution in [-0.4, -0.2) is 35.6 Å². The molecule has 2 aliphatic rings. The van der Waals surface area contributed by atoms with E-state index in [-0.39, 0.29) is 0 Å². The van der Waals surface area contributed by atoms with Crippen LogP contribution in [0.5, 0.6) is 0 Å². The number of hydrogen-bond donors (Lipinski definition) is 2. The van der Waals surface area contributed by atoms with Crippen molar-refractivity contribution in [2.24, 2.45) is 28.1 Å². The molecule has 1 saturated heterocycles. The predicted molar refractivity (Wildman–Crippen MR) is 78.3 cm³/mol. The van der Waals surface area contributed by atoms with Gasteiger partial charge in [0.05, 0.1) is 0 Å². The maximum absolute atomic E-state index is 8.72. The second-order valence-corrected chi connectivity index (χ2v) is 6.98. The number of amidine groups is 1. The van der Waals surface area contributed by atoms with Gasteiger partial charge in [-0.15, -0.1) is 0 Å². The van der Waals surface area contributed by atoms with Crippen LogP contribution in [0.2, 0.25) is 0 Å². The number of hydrogen-bond acceptors (Lipinski definition) is 3. The molecule has 1 atom stereocenters. The van der Waals surface area contributed by atoms with Crippen molar-refractivity contribution in [2.75, 3.05) is 19.6 Å². The molecule has 0 aromatic rings. The van der Waals surface area contributed by atoms with E-state index in [0.29, 0.717) is 11.3 Å². The first-order valence-corrected chi connectivity index (χ1v) is 7.73. The Labute approximate surface area is 117 Å². The van der Waals surface area contributed by atoms with Crippen molar-refractivity contribution < 1.29 is 5.21 Å². The summed E-state index contributed by atoms with van der Waals surface area (Å²) in [6.07, 6.45) is 7.25. The highest BCUT2D eigenvalue weighted by Crippen LogP contribution is 2.49. The van der Waals surface area contributed by atoms with Gasteiger partial charge >= 0.3 is 0 Å². The van der Waals surface area contributed by atoms with E-state index in [1.165, 1.54) is 45.2 Å². The lowest BCUT2D eigenvalue weighted by Gasteiger charge is -2.26. The van der Waals surface area contributed by atoms with Gasteiger partial charge in [0.1, 0.15) is 5.84 Å². The molecule has 1 aliphatic heterocycles. The Balaban J connectivity index is 1.83. The zero-order valence-electron chi connectivity index (χ0n) is 12.4. The molecule has 1 saturated carbocycles. The van der Waals surface area contributed by atoms with E-state index < -0.39 is 0 Å². The number of rotatable bonds is 5. The zero-order valence-corrected chi connectivity index (χ0v) is 12.4. The first kappa shape index (κ1) is 14.6. The molecule has 4 nitrogen and oxygen atoms in total. The number of nitrogens with zero attached hydrogens (tertiary/aromatic N) is 2. The minimum atomic E-state index is 0.313. The number of oxime groups is 1. The van der Waals surface area contributed by atoms with Gasteiger partial charge in [-0.1, -0.05) is 19.0 Å². The molecular formula is C15H29N3O. The maximum Gasteiger partial charge on any atom is 0.139 e. The molecule has 1 aliphatic carbocycles. The fourth-order valence-corrected chi connectivity index (χ4v) is 3.47. The van der Waals surface area contributed by atoms with Crippen molar-refractivity contribution in [3.63, 3.8) is 0 Å². The largest absolute Gasteiger partial charge is 0.409 e. The summed E-state index contributed by atoms with van der Waals surface area (Å²) in [5.41, 5.74) is 5.99. The Bertz CT molecular complexity index is 323. The Kier molecular flexibility index (Phi) is 4.71. The molecule has 1 unspecified atom stereocenters. The SMILES string of the molecule is CC(C)C1CCCN(CC2(CC(N)=NO)CC2)CC1. The van der Waals surface area contributed by atoms with Gasteiger partial charge in [-0.2, -0.15) is 0 Å². The quantitative estimate of drug-likeness (QED) is 0.348. The third-order valence-electron chi connectivity index (χ3n) is 5.01. The average molecular weight is 267 g/mol. The molecule has 0 amide bonds. The van der Waals surface area contributed by atoms with Crippen molar-refractivity contribution in [1.29, 1.82) is 0 Å². The normalized spacial score (nSPS) is 28.4. The van der Waals surface area contributed by atoms with E-state index in [1.807, 2.05) is 0 Å². The molecule has 19 heavy (non-hydrogen) atoms. The molecule has 0 radical (unpaired) electrons. The van der Waals surface area contributed by atoms with Crippen molar-refractivity contribution in [2.45, 2.75) is 52.4 Å². The molecule has 1 heterocycles. The first-order valence-electron chi connectivity index (χ1n) is 7.73. The minimum absolute atomic E-state index is 0.313. The highest BCUT2D eigenvalue weighted by molar-refractivity contribution is 5.80. The van der Waals surface area contributed by atoms with E-state index in [2.05, 4.69) is 23.9 Å². The summed E-state index contributed by atoms with van der Waals surface area (Å²) in [6.45, 7) is 8.28. The predicted octanol–water partition coefficient (Wildman–Crippen LogP) is 2.66. The molecule has 0 aromatic heterocycles. The van der Waals surface area contributed by atoms with Crippen LogP contribution in [0.4, 0.5) is 0 Å². The molecule has 2 rings (SSSR count). The summed E-state index contributed by atoms with van der Waals surface area (Å²) < 4.78 is 0. The Morgan fingerprint density at radius 2 is 2.11 bits per heavy atom. The Morgan fingerprint density at radius 1 is 1.37 bits per heavy atom. The van der Waals surface area contributed by atoms with Crippen LogP contribution in [-0.2, 0) is 0 Å². The lowest BCUT2D eigenvalue weighted by atomic mass is 9.89.